The second kappa shape index (κ2) is 9.94. The van der Waals surface area contributed by atoms with E-state index in [4.69, 9.17) is 10.6 Å². The molecule has 0 aliphatic carbocycles. The summed E-state index contributed by atoms with van der Waals surface area (Å²) < 4.78 is 7.43. The molecular weight excluding hydrogens is 388 g/mol. The highest BCUT2D eigenvalue weighted by Crippen LogP contribution is 2.27. The van der Waals surface area contributed by atoms with Crippen LogP contribution in [0, 0.1) is 0 Å². The molecule has 152 valence electrons. The third-order valence-electron chi connectivity index (χ3n) is 4.10. The average Bonchev–Trinajstić information content (AvgIpc) is 3.18. The summed E-state index contributed by atoms with van der Waals surface area (Å²) in [5, 5.41) is 12.7. The first-order chi connectivity index (χ1) is 14.1. The standard InChI is InChI=1S/C20H24N6O2S/c1-3-28-17-11-9-15(10-12-17)22-14(2)19-24-25-20(29-13-18(27)23-21)26(19)16-7-5-4-6-8-16/h4-12,14,22H,3,13,21H2,1-2H3,(H,23,27)/t14-/m1/s1. The van der Waals surface area contributed by atoms with E-state index in [0.717, 1.165) is 22.9 Å². The lowest BCUT2D eigenvalue weighted by atomic mass is 10.2. The Morgan fingerprint density at radius 3 is 2.55 bits per heavy atom. The van der Waals surface area contributed by atoms with Crippen molar-refractivity contribution < 1.29 is 9.53 Å². The highest BCUT2D eigenvalue weighted by Gasteiger charge is 2.20. The number of ether oxygens (including phenoxy) is 1. The summed E-state index contributed by atoms with van der Waals surface area (Å²) in [4.78, 5) is 11.6. The van der Waals surface area contributed by atoms with Crippen LogP contribution in [0.5, 0.6) is 5.75 Å². The lowest BCUT2D eigenvalue weighted by Crippen LogP contribution is -2.31. The van der Waals surface area contributed by atoms with Gasteiger partial charge in [-0.15, -0.1) is 10.2 Å². The van der Waals surface area contributed by atoms with Gasteiger partial charge in [0.05, 0.1) is 18.4 Å². The molecule has 0 fully saturated rings. The molecule has 4 N–H and O–H groups in total. The lowest BCUT2D eigenvalue weighted by molar-refractivity contribution is -0.118. The van der Waals surface area contributed by atoms with Gasteiger partial charge in [0.1, 0.15) is 5.75 Å². The van der Waals surface area contributed by atoms with Crippen LogP contribution < -0.4 is 21.3 Å². The monoisotopic (exact) mass is 412 g/mol. The van der Waals surface area contributed by atoms with Crippen LogP contribution in [-0.2, 0) is 4.79 Å². The van der Waals surface area contributed by atoms with Gasteiger partial charge in [-0.05, 0) is 50.2 Å². The van der Waals surface area contributed by atoms with Crippen molar-refractivity contribution in [2.24, 2.45) is 5.84 Å². The minimum atomic E-state index is -0.278. The van der Waals surface area contributed by atoms with Crippen LogP contribution in [0.15, 0.2) is 59.8 Å². The Morgan fingerprint density at radius 2 is 1.90 bits per heavy atom. The van der Waals surface area contributed by atoms with Crippen molar-refractivity contribution in [2.45, 2.75) is 25.0 Å². The molecule has 0 aliphatic rings. The first-order valence-electron chi connectivity index (χ1n) is 9.24. The molecule has 1 aromatic heterocycles. The average molecular weight is 413 g/mol. The molecule has 0 radical (unpaired) electrons. The summed E-state index contributed by atoms with van der Waals surface area (Å²) in [5.74, 6) is 6.62. The van der Waals surface area contributed by atoms with Crippen LogP contribution in [0.3, 0.4) is 0 Å². The van der Waals surface area contributed by atoms with E-state index in [0.29, 0.717) is 11.8 Å². The first kappa shape index (κ1) is 20.7. The van der Waals surface area contributed by atoms with Gasteiger partial charge in [-0.1, -0.05) is 30.0 Å². The topological polar surface area (TPSA) is 107 Å². The molecule has 2 aromatic carbocycles. The molecule has 0 aliphatic heterocycles. The largest absolute Gasteiger partial charge is 0.494 e. The molecule has 0 bridgehead atoms. The fourth-order valence-electron chi connectivity index (χ4n) is 2.78. The minimum Gasteiger partial charge on any atom is -0.494 e. The summed E-state index contributed by atoms with van der Waals surface area (Å²) in [5.41, 5.74) is 4.00. The lowest BCUT2D eigenvalue weighted by Gasteiger charge is -2.17. The van der Waals surface area contributed by atoms with Crippen LogP contribution >= 0.6 is 11.8 Å². The number of hydrazine groups is 1. The van der Waals surface area contributed by atoms with E-state index in [1.54, 1.807) is 0 Å². The molecule has 1 atom stereocenters. The molecule has 1 heterocycles. The molecule has 0 unspecified atom stereocenters. The summed E-state index contributed by atoms with van der Waals surface area (Å²) in [6.45, 7) is 4.60. The Kier molecular flexibility index (Phi) is 7.09. The van der Waals surface area contributed by atoms with Gasteiger partial charge < -0.3 is 10.1 Å². The van der Waals surface area contributed by atoms with Crippen LogP contribution in [0.4, 0.5) is 5.69 Å². The summed E-state index contributed by atoms with van der Waals surface area (Å²) in [7, 11) is 0. The number of aromatic nitrogens is 3. The number of nitrogens with one attached hydrogen (secondary N) is 2. The van der Waals surface area contributed by atoms with Gasteiger partial charge in [0.15, 0.2) is 11.0 Å². The molecule has 3 aromatic rings. The number of anilines is 1. The van der Waals surface area contributed by atoms with Crippen LogP contribution in [-0.4, -0.2) is 33.0 Å². The van der Waals surface area contributed by atoms with Gasteiger partial charge >= 0.3 is 0 Å². The molecule has 0 spiro atoms. The highest BCUT2D eigenvalue weighted by atomic mass is 32.2. The van der Waals surface area contributed by atoms with E-state index in [-0.39, 0.29) is 17.7 Å². The van der Waals surface area contributed by atoms with Gasteiger partial charge in [-0.3, -0.25) is 14.8 Å². The van der Waals surface area contributed by atoms with Gasteiger partial charge in [-0.25, -0.2) is 5.84 Å². The SMILES string of the molecule is CCOc1ccc(N[C@H](C)c2nnc(SCC(=O)NN)n2-c2ccccc2)cc1. The third-order valence-corrected chi connectivity index (χ3v) is 5.03. The second-order valence-electron chi connectivity index (χ2n) is 6.19. The smallest absolute Gasteiger partial charge is 0.244 e. The number of nitrogens with zero attached hydrogens (tertiary/aromatic N) is 3. The Morgan fingerprint density at radius 1 is 1.17 bits per heavy atom. The third kappa shape index (κ3) is 5.27. The quantitative estimate of drug-likeness (QED) is 0.215. The van der Waals surface area contributed by atoms with Crippen molar-refractivity contribution in [1.82, 2.24) is 20.2 Å². The maximum atomic E-state index is 11.6. The number of carbonyl (C=O) groups is 1. The fourth-order valence-corrected chi connectivity index (χ4v) is 3.55. The van der Waals surface area contributed by atoms with Crippen molar-refractivity contribution in [3.05, 3.63) is 60.4 Å². The minimum absolute atomic E-state index is 0.127. The molecule has 9 heteroatoms. The zero-order valence-electron chi connectivity index (χ0n) is 16.3. The number of benzene rings is 2. The highest BCUT2D eigenvalue weighted by molar-refractivity contribution is 7.99. The predicted octanol–water partition coefficient (Wildman–Crippen LogP) is 2.92. The molecule has 8 nitrogen and oxygen atoms in total. The van der Waals surface area contributed by atoms with Crippen LogP contribution in [0.1, 0.15) is 25.7 Å². The van der Waals surface area contributed by atoms with Crippen LogP contribution in [0.2, 0.25) is 0 Å². The number of para-hydroxylation sites is 1. The maximum Gasteiger partial charge on any atom is 0.244 e. The van der Waals surface area contributed by atoms with E-state index >= 15 is 0 Å². The summed E-state index contributed by atoms with van der Waals surface area (Å²) in [6, 6.07) is 17.4. The van der Waals surface area contributed by atoms with Gasteiger partial charge in [0, 0.05) is 11.4 Å². The Balaban J connectivity index is 1.85. The van der Waals surface area contributed by atoms with Crippen molar-refractivity contribution in [3.63, 3.8) is 0 Å². The number of thioether (sulfide) groups is 1. The molecule has 29 heavy (non-hydrogen) atoms. The fraction of sp³-hybridized carbons (Fsp3) is 0.250. The first-order valence-corrected chi connectivity index (χ1v) is 10.2. The summed E-state index contributed by atoms with van der Waals surface area (Å²) >= 11 is 1.28. The van der Waals surface area contributed by atoms with Crippen molar-refractivity contribution in [2.75, 3.05) is 17.7 Å². The Labute approximate surface area is 173 Å². The second-order valence-corrected chi connectivity index (χ2v) is 7.13. The molecule has 0 saturated carbocycles. The van der Waals surface area contributed by atoms with Crippen molar-refractivity contribution >= 4 is 23.4 Å². The Hall–Kier alpha value is -3.04. The number of hydrogen-bond acceptors (Lipinski definition) is 7. The van der Waals surface area contributed by atoms with E-state index < -0.39 is 0 Å². The molecule has 3 rings (SSSR count). The van der Waals surface area contributed by atoms with Crippen molar-refractivity contribution in [1.29, 1.82) is 0 Å². The molecule has 1 amide bonds. The number of carbonyl (C=O) groups excluding carboxylic acids is 1. The van der Waals surface area contributed by atoms with E-state index in [1.165, 1.54) is 11.8 Å². The van der Waals surface area contributed by atoms with E-state index in [9.17, 15) is 4.79 Å². The maximum absolute atomic E-state index is 11.6. The number of amides is 1. The molecular formula is C20H24N6O2S. The Bertz CT molecular complexity index is 930. The van der Waals surface area contributed by atoms with Crippen LogP contribution in [0.25, 0.3) is 5.69 Å². The zero-order chi connectivity index (χ0) is 20.6. The number of hydrogen-bond donors (Lipinski definition) is 3. The summed E-state index contributed by atoms with van der Waals surface area (Å²) in [6.07, 6.45) is 0. The van der Waals surface area contributed by atoms with E-state index in [1.807, 2.05) is 73.0 Å². The molecule has 0 saturated heterocycles. The zero-order valence-corrected chi connectivity index (χ0v) is 17.1. The van der Waals surface area contributed by atoms with Gasteiger partial charge in [0.25, 0.3) is 0 Å². The number of nitrogens with two attached hydrogens (primary N) is 1. The van der Waals surface area contributed by atoms with Gasteiger partial charge in [-0.2, -0.15) is 0 Å². The normalized spacial score (nSPS) is 11.7. The van der Waals surface area contributed by atoms with E-state index in [2.05, 4.69) is 20.9 Å². The van der Waals surface area contributed by atoms with Crippen molar-refractivity contribution in [3.8, 4) is 11.4 Å². The van der Waals surface area contributed by atoms with Gasteiger partial charge in [0.2, 0.25) is 5.91 Å². The predicted molar refractivity (Wildman–Crippen MR) is 114 cm³/mol. The number of rotatable bonds is 9.